The van der Waals surface area contributed by atoms with Crippen molar-refractivity contribution in [2.24, 2.45) is 11.8 Å². The van der Waals surface area contributed by atoms with E-state index in [0.717, 1.165) is 31.2 Å². The molecule has 0 bridgehead atoms. The second-order valence-corrected chi connectivity index (χ2v) is 16.0. The molecule has 0 heterocycles. The summed E-state index contributed by atoms with van der Waals surface area (Å²) in [6, 6.07) is 20.5. The van der Waals surface area contributed by atoms with Crippen LogP contribution in [0.2, 0.25) is 0 Å². The average Bonchev–Trinajstić information content (AvgIpc) is 3.16. The molecule has 0 aliphatic rings. The molecule has 11 heteroatoms. The van der Waals surface area contributed by atoms with E-state index in [2.05, 4.69) is 63.7 Å². The van der Waals surface area contributed by atoms with Crippen LogP contribution in [0.5, 0.6) is 0 Å². The molecule has 6 atom stereocenters. The van der Waals surface area contributed by atoms with E-state index in [9.17, 15) is 9.46 Å². The van der Waals surface area contributed by atoms with Gasteiger partial charge in [-0.2, -0.15) is 0 Å². The zero-order chi connectivity index (χ0) is 39.6. The van der Waals surface area contributed by atoms with Crippen molar-refractivity contribution >= 4 is 16.3 Å². The van der Waals surface area contributed by atoms with Crippen LogP contribution in [0.25, 0.3) is 4.85 Å². The summed E-state index contributed by atoms with van der Waals surface area (Å²) < 4.78 is 35.2. The highest BCUT2D eigenvalue weighted by Gasteiger charge is 2.24. The van der Waals surface area contributed by atoms with Crippen molar-refractivity contribution in [1.82, 2.24) is 4.67 Å². The Morgan fingerprint density at radius 2 is 1.29 bits per heavy atom. The lowest BCUT2D eigenvalue weighted by atomic mass is 9.89. The van der Waals surface area contributed by atoms with Gasteiger partial charge in [-0.1, -0.05) is 141 Å². The first-order valence-electron chi connectivity index (χ1n) is 19.4. The molecule has 52 heavy (non-hydrogen) atoms. The lowest BCUT2D eigenvalue weighted by molar-refractivity contribution is 0.143. The minimum absolute atomic E-state index is 0.104. The van der Waals surface area contributed by atoms with Crippen LogP contribution in [0.15, 0.2) is 60.7 Å². The zero-order valence-corrected chi connectivity index (χ0v) is 36.0. The van der Waals surface area contributed by atoms with Crippen molar-refractivity contribution in [2.75, 3.05) is 53.7 Å². The number of rotatable bonds is 24. The Balaban J connectivity index is 0. The highest BCUT2D eigenvalue weighted by molar-refractivity contribution is 7.47. The van der Waals surface area contributed by atoms with Gasteiger partial charge in [0.05, 0.1) is 19.8 Å². The Morgan fingerprint density at radius 3 is 1.69 bits per heavy atom. The van der Waals surface area contributed by atoms with Gasteiger partial charge in [-0.15, -0.1) is 0 Å². The van der Waals surface area contributed by atoms with Gasteiger partial charge in [0, 0.05) is 18.4 Å². The largest absolute Gasteiger partial charge is 0.472 e. The second kappa shape index (κ2) is 35.0. The van der Waals surface area contributed by atoms with Gasteiger partial charge in [0.2, 0.25) is 6.54 Å². The van der Waals surface area contributed by atoms with E-state index < -0.39 is 16.3 Å². The fraction of sp³-hybridized carbons (Fsp3) is 0.683. The third kappa shape index (κ3) is 27.9. The monoisotopic (exact) mass is 768 g/mol. The molecule has 0 aromatic heterocycles. The number of unbranched alkanes of at least 4 members (excludes halogenated alkanes) is 3. The first-order chi connectivity index (χ1) is 25.0. The summed E-state index contributed by atoms with van der Waals surface area (Å²) in [5.41, 5.74) is 2.45. The first kappa shape index (κ1) is 52.4. The van der Waals surface area contributed by atoms with Gasteiger partial charge < -0.3 is 23.9 Å². The lowest BCUT2D eigenvalue weighted by Gasteiger charge is -2.26. The van der Waals surface area contributed by atoms with Crippen LogP contribution in [0, 0.1) is 18.4 Å². The van der Waals surface area contributed by atoms with Crippen LogP contribution in [0.4, 0.5) is 0 Å². The van der Waals surface area contributed by atoms with Gasteiger partial charge in [-0.25, -0.2) is 15.8 Å². The van der Waals surface area contributed by atoms with Gasteiger partial charge in [-0.05, 0) is 63.2 Å². The van der Waals surface area contributed by atoms with Gasteiger partial charge in [0.25, 0.3) is 8.53 Å². The summed E-state index contributed by atoms with van der Waals surface area (Å²) in [4.78, 5) is 12.8. The maximum Gasteiger partial charge on any atom is 0.472 e. The Kier molecular flexibility index (Phi) is 35.3. The van der Waals surface area contributed by atoms with E-state index in [1.54, 1.807) is 6.92 Å². The summed E-state index contributed by atoms with van der Waals surface area (Å²) in [6.07, 6.45) is 8.96. The predicted molar refractivity (Wildman–Crippen MR) is 220 cm³/mol. The Labute approximate surface area is 320 Å². The van der Waals surface area contributed by atoms with Gasteiger partial charge >= 0.3 is 7.82 Å². The van der Waals surface area contributed by atoms with E-state index in [4.69, 9.17) is 29.8 Å². The van der Waals surface area contributed by atoms with Crippen molar-refractivity contribution in [3.05, 3.63) is 83.2 Å². The summed E-state index contributed by atoms with van der Waals surface area (Å²) in [6.45, 7) is 25.7. The second-order valence-electron chi connectivity index (χ2n) is 12.8. The molecule has 0 amide bonds. The SMILES string of the molecule is CC.CCCCCCO.CCOP(=O)(O)OCC(CC(C)CC)c1ccccc1.[C-]#[N+]CCOP(OCC(CC(C)CC)c1ccccc1)N(C)C. The Morgan fingerprint density at radius 1 is 0.788 bits per heavy atom. The Hall–Kier alpha value is -1.69. The summed E-state index contributed by atoms with van der Waals surface area (Å²) in [5, 5.41) is 8.29. The van der Waals surface area contributed by atoms with Gasteiger partial charge in [-0.3, -0.25) is 9.05 Å². The average molecular weight is 769 g/mol. The molecule has 0 radical (unpaired) electrons. The van der Waals surface area contributed by atoms with Crippen LogP contribution in [-0.2, 0) is 22.7 Å². The number of aliphatic hydroxyl groups is 1. The molecule has 300 valence electrons. The van der Waals surface area contributed by atoms with E-state index in [1.165, 1.54) is 31.2 Å². The van der Waals surface area contributed by atoms with Crippen molar-refractivity contribution in [2.45, 2.75) is 119 Å². The molecule has 0 aliphatic heterocycles. The van der Waals surface area contributed by atoms with Crippen molar-refractivity contribution in [1.29, 1.82) is 0 Å². The van der Waals surface area contributed by atoms with Crippen LogP contribution in [-0.4, -0.2) is 68.3 Å². The first-order valence-corrected chi connectivity index (χ1v) is 22.0. The number of hydrogen-bond acceptors (Lipinski definition) is 7. The normalized spacial score (nSPS) is 14.8. The highest BCUT2D eigenvalue weighted by atomic mass is 31.2. The molecular formula is C41H74N2O7P2. The predicted octanol–water partition coefficient (Wildman–Crippen LogP) is 11.9. The highest BCUT2D eigenvalue weighted by Crippen LogP contribution is 2.45. The topological polar surface area (TPSA) is 102 Å². The molecule has 0 fully saturated rings. The van der Waals surface area contributed by atoms with Crippen molar-refractivity contribution in [3.8, 4) is 0 Å². The fourth-order valence-corrected chi connectivity index (χ4v) is 6.72. The van der Waals surface area contributed by atoms with E-state index in [-0.39, 0.29) is 19.1 Å². The molecule has 0 saturated carbocycles. The fourth-order valence-electron chi connectivity index (χ4n) is 4.87. The summed E-state index contributed by atoms with van der Waals surface area (Å²) >= 11 is 0. The molecule has 6 unspecified atom stereocenters. The minimum atomic E-state index is -3.92. The van der Waals surface area contributed by atoms with Crippen molar-refractivity contribution in [3.63, 3.8) is 0 Å². The van der Waals surface area contributed by atoms with E-state index in [1.807, 2.05) is 69.0 Å². The molecule has 0 saturated heterocycles. The third-order valence-corrected chi connectivity index (χ3v) is 10.7. The smallest absolute Gasteiger partial charge is 0.396 e. The maximum absolute atomic E-state index is 11.6. The van der Waals surface area contributed by atoms with Crippen molar-refractivity contribution < 1.29 is 32.7 Å². The van der Waals surface area contributed by atoms with Crippen LogP contribution >= 0.6 is 16.3 Å². The molecule has 0 spiro atoms. The molecule has 2 aromatic carbocycles. The molecule has 9 nitrogen and oxygen atoms in total. The lowest BCUT2D eigenvalue weighted by Crippen LogP contribution is -2.15. The van der Waals surface area contributed by atoms with E-state index >= 15 is 0 Å². The molecule has 2 N–H and O–H groups in total. The number of benzene rings is 2. The Bertz CT molecular complexity index is 1130. The number of hydrogen-bond donors (Lipinski definition) is 2. The molecule has 0 aliphatic carbocycles. The van der Waals surface area contributed by atoms with Crippen LogP contribution < -0.4 is 0 Å². The molecule has 2 aromatic rings. The standard InChI is InChI=1S/C18H29N2O2P.C15H25O4P.C6H14O.C2H6/c1-6-16(2)14-18(17-10-8-7-9-11-17)15-22-23(20(4)5)21-13-12-19-3;1-4-13(3)11-15(14-9-7-6-8-10-14)12-19-20(16,17)18-5-2;1-2-3-4-5-6-7;1-2/h7-11,16,18H,6,12-15H2,1-2,4-5H3;6-10,13,15H,4-5,11-12H2,1-3H3,(H,16,17);7H,2-6H2,1H3;1-2H3. The number of nitrogens with zero attached hydrogens (tertiary/aromatic N) is 2. The van der Waals surface area contributed by atoms with Gasteiger partial charge in [0.15, 0.2) is 0 Å². The molecule has 2 rings (SSSR count). The van der Waals surface area contributed by atoms with Crippen LogP contribution in [0.3, 0.4) is 0 Å². The van der Waals surface area contributed by atoms with Crippen LogP contribution in [0.1, 0.15) is 130 Å². The quantitative estimate of drug-likeness (QED) is 0.0618. The summed E-state index contributed by atoms with van der Waals surface area (Å²) in [7, 11) is -1.10. The summed E-state index contributed by atoms with van der Waals surface area (Å²) in [5.74, 6) is 1.68. The number of aliphatic hydroxyl groups excluding tert-OH is 1. The molecular weight excluding hydrogens is 694 g/mol. The van der Waals surface area contributed by atoms with Gasteiger partial charge in [0.1, 0.15) is 6.61 Å². The maximum atomic E-state index is 11.6. The minimum Gasteiger partial charge on any atom is -0.396 e. The number of phosphoric ester groups is 1. The number of phosphoric acid groups is 1. The van der Waals surface area contributed by atoms with E-state index in [0.29, 0.717) is 44.1 Å². The zero-order valence-electron chi connectivity index (χ0n) is 34.2. The third-order valence-electron chi connectivity index (χ3n) is 8.17.